The van der Waals surface area contributed by atoms with Gasteiger partial charge in [-0.15, -0.1) is 6.58 Å². The highest BCUT2D eigenvalue weighted by Crippen LogP contribution is 2.30. The average Bonchev–Trinajstić information content (AvgIpc) is 2.71. The smallest absolute Gasteiger partial charge is 0.0811 e. The van der Waals surface area contributed by atoms with Crippen LogP contribution in [-0.4, -0.2) is 31.8 Å². The molecule has 0 saturated carbocycles. The Morgan fingerprint density at radius 1 is 1.47 bits per heavy atom. The molecule has 106 valence electrons. The summed E-state index contributed by atoms with van der Waals surface area (Å²) in [4.78, 5) is 0. The number of ether oxygens (including phenoxy) is 1. The van der Waals surface area contributed by atoms with E-state index in [-0.39, 0.29) is 6.10 Å². The first-order chi connectivity index (χ1) is 9.24. The molecule has 0 radical (unpaired) electrons. The fourth-order valence-electron chi connectivity index (χ4n) is 2.35. The zero-order valence-electron chi connectivity index (χ0n) is 11.9. The van der Waals surface area contributed by atoms with Crippen LogP contribution in [0.2, 0.25) is 0 Å². The SMILES string of the molecule is C=C/C=C\C1=C(C)[C@H](OCC=C)C[C@@H]1NCCCN. The summed E-state index contributed by atoms with van der Waals surface area (Å²) in [6.45, 7) is 11.8. The second-order valence-corrected chi connectivity index (χ2v) is 4.73. The molecular formula is C16H26N2O. The van der Waals surface area contributed by atoms with Crippen LogP contribution < -0.4 is 11.1 Å². The third-order valence-electron chi connectivity index (χ3n) is 3.36. The Bertz CT molecular complexity index is 358. The summed E-state index contributed by atoms with van der Waals surface area (Å²) in [5.74, 6) is 0. The predicted octanol–water partition coefficient (Wildman–Crippen LogP) is 2.33. The van der Waals surface area contributed by atoms with E-state index in [0.717, 1.165) is 25.9 Å². The molecule has 0 saturated heterocycles. The highest BCUT2D eigenvalue weighted by Gasteiger charge is 2.29. The standard InChI is InChI=1S/C16H26N2O/c1-4-6-8-14-13(3)16(19-11-5-2)12-15(14)18-10-7-9-17/h4-6,8,15-16,18H,1-2,7,9-12,17H2,3H3/b8-6-/t15-,16+/m0/s1. The van der Waals surface area contributed by atoms with Gasteiger partial charge in [-0.05, 0) is 44.0 Å². The Balaban J connectivity index is 2.71. The maximum atomic E-state index is 5.81. The van der Waals surface area contributed by atoms with E-state index < -0.39 is 0 Å². The van der Waals surface area contributed by atoms with Crippen LogP contribution in [0, 0.1) is 0 Å². The second-order valence-electron chi connectivity index (χ2n) is 4.73. The molecular weight excluding hydrogens is 236 g/mol. The molecule has 0 aliphatic heterocycles. The van der Waals surface area contributed by atoms with Crippen molar-refractivity contribution in [3.05, 3.63) is 48.6 Å². The van der Waals surface area contributed by atoms with Crippen molar-refractivity contribution in [2.24, 2.45) is 5.73 Å². The van der Waals surface area contributed by atoms with Gasteiger partial charge in [0.25, 0.3) is 0 Å². The molecule has 19 heavy (non-hydrogen) atoms. The molecule has 0 aromatic rings. The van der Waals surface area contributed by atoms with E-state index in [0.29, 0.717) is 12.6 Å². The Labute approximate surface area is 116 Å². The molecule has 3 heteroatoms. The molecule has 1 aliphatic carbocycles. The Morgan fingerprint density at radius 3 is 2.89 bits per heavy atom. The monoisotopic (exact) mass is 262 g/mol. The lowest BCUT2D eigenvalue weighted by Gasteiger charge is -2.16. The van der Waals surface area contributed by atoms with E-state index in [9.17, 15) is 0 Å². The highest BCUT2D eigenvalue weighted by molar-refractivity contribution is 5.38. The molecule has 3 N–H and O–H groups in total. The molecule has 0 amide bonds. The molecule has 0 heterocycles. The fraction of sp³-hybridized carbons (Fsp3) is 0.500. The van der Waals surface area contributed by atoms with Crippen molar-refractivity contribution >= 4 is 0 Å². The second kappa shape index (κ2) is 8.86. The lowest BCUT2D eigenvalue weighted by molar-refractivity contribution is 0.0976. The van der Waals surface area contributed by atoms with Gasteiger partial charge in [-0.3, -0.25) is 0 Å². The van der Waals surface area contributed by atoms with Crippen molar-refractivity contribution in [2.45, 2.75) is 31.9 Å². The third-order valence-corrected chi connectivity index (χ3v) is 3.36. The normalized spacial score (nSPS) is 23.3. The van der Waals surface area contributed by atoms with E-state index in [4.69, 9.17) is 10.5 Å². The number of hydrogen-bond donors (Lipinski definition) is 2. The fourth-order valence-corrected chi connectivity index (χ4v) is 2.35. The number of nitrogens with one attached hydrogen (secondary N) is 1. The van der Waals surface area contributed by atoms with Gasteiger partial charge in [-0.1, -0.05) is 30.9 Å². The van der Waals surface area contributed by atoms with Gasteiger partial charge in [0, 0.05) is 6.04 Å². The topological polar surface area (TPSA) is 47.3 Å². The number of allylic oxidation sites excluding steroid dienone is 2. The minimum atomic E-state index is 0.179. The Morgan fingerprint density at radius 2 is 2.26 bits per heavy atom. The highest BCUT2D eigenvalue weighted by atomic mass is 16.5. The molecule has 0 unspecified atom stereocenters. The molecule has 0 fully saturated rings. The first kappa shape index (κ1) is 15.9. The van der Waals surface area contributed by atoms with Crippen molar-refractivity contribution in [1.29, 1.82) is 0 Å². The van der Waals surface area contributed by atoms with E-state index in [1.165, 1.54) is 11.1 Å². The zero-order valence-corrected chi connectivity index (χ0v) is 11.9. The molecule has 0 bridgehead atoms. The summed E-state index contributed by atoms with van der Waals surface area (Å²) >= 11 is 0. The summed E-state index contributed by atoms with van der Waals surface area (Å²) in [5, 5.41) is 3.55. The van der Waals surface area contributed by atoms with Crippen LogP contribution in [0.1, 0.15) is 19.8 Å². The number of nitrogens with two attached hydrogens (primary N) is 1. The minimum Gasteiger partial charge on any atom is -0.370 e. The lowest BCUT2D eigenvalue weighted by atomic mass is 10.1. The predicted molar refractivity (Wildman–Crippen MR) is 82.1 cm³/mol. The molecule has 2 atom stereocenters. The molecule has 0 aromatic heterocycles. The van der Waals surface area contributed by atoms with E-state index in [1.807, 2.05) is 6.08 Å². The Kier molecular flexibility index (Phi) is 7.41. The molecule has 0 aromatic carbocycles. The van der Waals surface area contributed by atoms with Crippen molar-refractivity contribution in [1.82, 2.24) is 5.32 Å². The van der Waals surface area contributed by atoms with Crippen LogP contribution in [0.5, 0.6) is 0 Å². The van der Waals surface area contributed by atoms with Gasteiger partial charge in [-0.2, -0.15) is 0 Å². The largest absolute Gasteiger partial charge is 0.370 e. The van der Waals surface area contributed by atoms with Crippen molar-refractivity contribution in [3.8, 4) is 0 Å². The summed E-state index contributed by atoms with van der Waals surface area (Å²) in [6.07, 6.45) is 9.84. The maximum Gasteiger partial charge on any atom is 0.0811 e. The van der Waals surface area contributed by atoms with Gasteiger partial charge in [0.1, 0.15) is 0 Å². The van der Waals surface area contributed by atoms with Crippen molar-refractivity contribution < 1.29 is 4.74 Å². The van der Waals surface area contributed by atoms with Crippen LogP contribution >= 0.6 is 0 Å². The quantitative estimate of drug-likeness (QED) is 0.381. The number of hydrogen-bond acceptors (Lipinski definition) is 3. The average molecular weight is 262 g/mol. The summed E-state index contributed by atoms with van der Waals surface area (Å²) < 4.78 is 5.81. The van der Waals surface area contributed by atoms with Crippen LogP contribution in [0.25, 0.3) is 0 Å². The minimum absolute atomic E-state index is 0.179. The molecule has 3 nitrogen and oxygen atoms in total. The van der Waals surface area contributed by atoms with Crippen LogP contribution in [0.15, 0.2) is 48.6 Å². The van der Waals surface area contributed by atoms with Crippen LogP contribution in [0.4, 0.5) is 0 Å². The number of rotatable bonds is 9. The first-order valence-electron chi connectivity index (χ1n) is 6.90. The van der Waals surface area contributed by atoms with Gasteiger partial charge in [0.15, 0.2) is 0 Å². The summed E-state index contributed by atoms with van der Waals surface area (Å²) in [6, 6.07) is 0.345. The van der Waals surface area contributed by atoms with Crippen molar-refractivity contribution in [2.75, 3.05) is 19.7 Å². The van der Waals surface area contributed by atoms with Gasteiger partial charge in [-0.25, -0.2) is 0 Å². The van der Waals surface area contributed by atoms with Crippen LogP contribution in [-0.2, 0) is 4.74 Å². The van der Waals surface area contributed by atoms with Crippen molar-refractivity contribution in [3.63, 3.8) is 0 Å². The molecule has 1 aliphatic rings. The summed E-state index contributed by atoms with van der Waals surface area (Å²) in [7, 11) is 0. The van der Waals surface area contributed by atoms with Gasteiger partial charge in [0.2, 0.25) is 0 Å². The van der Waals surface area contributed by atoms with E-state index >= 15 is 0 Å². The van der Waals surface area contributed by atoms with Gasteiger partial charge in [0.05, 0.1) is 12.7 Å². The zero-order chi connectivity index (χ0) is 14.1. The van der Waals surface area contributed by atoms with Gasteiger partial charge >= 0.3 is 0 Å². The Hall–Kier alpha value is -1.16. The van der Waals surface area contributed by atoms with E-state index in [2.05, 4.69) is 31.5 Å². The maximum absolute atomic E-state index is 5.81. The molecule has 1 rings (SSSR count). The first-order valence-corrected chi connectivity index (χ1v) is 6.90. The molecule has 0 spiro atoms. The van der Waals surface area contributed by atoms with E-state index in [1.54, 1.807) is 12.2 Å². The van der Waals surface area contributed by atoms with Crippen LogP contribution in [0.3, 0.4) is 0 Å². The summed E-state index contributed by atoms with van der Waals surface area (Å²) in [5.41, 5.74) is 8.14. The third kappa shape index (κ3) is 4.78. The lowest BCUT2D eigenvalue weighted by Crippen LogP contribution is -2.31. The van der Waals surface area contributed by atoms with Gasteiger partial charge < -0.3 is 15.8 Å².